The summed E-state index contributed by atoms with van der Waals surface area (Å²) in [4.78, 5) is 8.53. The van der Waals surface area contributed by atoms with Crippen LogP contribution < -0.4 is 14.8 Å². The highest BCUT2D eigenvalue weighted by atomic mass is 32.2. The van der Waals surface area contributed by atoms with Gasteiger partial charge in [-0.15, -0.1) is 0 Å². The lowest BCUT2D eigenvalue weighted by molar-refractivity contribution is 0.410. The van der Waals surface area contributed by atoms with Gasteiger partial charge < -0.3 is 10.1 Å². The Hall–Kier alpha value is -3.13. The fourth-order valence-corrected chi connectivity index (χ4v) is 3.16. The molecule has 0 atom stereocenters. The van der Waals surface area contributed by atoms with E-state index >= 15 is 0 Å². The van der Waals surface area contributed by atoms with Crippen LogP contribution in [0.15, 0.2) is 60.9 Å². The van der Waals surface area contributed by atoms with Gasteiger partial charge in [-0.05, 0) is 18.2 Å². The van der Waals surface area contributed by atoms with Crippen LogP contribution in [0.5, 0.6) is 5.75 Å². The molecular formula is C19H20N4O3S. The van der Waals surface area contributed by atoms with Crippen molar-refractivity contribution < 1.29 is 13.2 Å². The first-order valence-corrected chi connectivity index (χ1v) is 10.1. The van der Waals surface area contributed by atoms with E-state index < -0.39 is 10.0 Å². The largest absolute Gasteiger partial charge is 0.496 e. The lowest BCUT2D eigenvalue weighted by Crippen LogP contribution is -2.09. The van der Waals surface area contributed by atoms with E-state index in [1.54, 1.807) is 25.3 Å². The average Bonchev–Trinajstić information content (AvgIpc) is 2.66. The highest BCUT2D eigenvalue weighted by molar-refractivity contribution is 7.92. The van der Waals surface area contributed by atoms with Crippen LogP contribution in [0.25, 0.3) is 11.3 Å². The predicted molar refractivity (Wildman–Crippen MR) is 106 cm³/mol. The summed E-state index contributed by atoms with van der Waals surface area (Å²) < 4.78 is 30.7. The lowest BCUT2D eigenvalue weighted by Gasteiger charge is -2.11. The zero-order valence-electron chi connectivity index (χ0n) is 15.0. The summed E-state index contributed by atoms with van der Waals surface area (Å²) in [6.07, 6.45) is 2.58. The molecule has 0 unspecified atom stereocenters. The minimum atomic E-state index is -3.34. The molecule has 2 aromatic carbocycles. The molecule has 27 heavy (non-hydrogen) atoms. The molecule has 0 amide bonds. The van der Waals surface area contributed by atoms with Crippen molar-refractivity contribution in [1.29, 1.82) is 0 Å². The Bertz CT molecular complexity index is 1040. The number of hydrogen-bond acceptors (Lipinski definition) is 6. The Morgan fingerprint density at radius 3 is 2.63 bits per heavy atom. The summed E-state index contributed by atoms with van der Waals surface area (Å²) in [5.74, 6) is 1.46. The Balaban J connectivity index is 1.79. The number of para-hydroxylation sites is 1. The Kier molecular flexibility index (Phi) is 5.56. The molecule has 0 fully saturated rings. The van der Waals surface area contributed by atoms with Crippen molar-refractivity contribution in [2.24, 2.45) is 0 Å². The molecular weight excluding hydrogens is 364 g/mol. The summed E-state index contributed by atoms with van der Waals surface area (Å²) in [6.45, 7) is 0.552. The van der Waals surface area contributed by atoms with Crippen LogP contribution in [0.2, 0.25) is 0 Å². The van der Waals surface area contributed by atoms with E-state index in [-0.39, 0.29) is 0 Å². The highest BCUT2D eigenvalue weighted by Crippen LogP contribution is 2.23. The number of sulfonamides is 1. The molecule has 2 N–H and O–H groups in total. The number of rotatable bonds is 7. The van der Waals surface area contributed by atoms with Gasteiger partial charge in [0.2, 0.25) is 10.0 Å². The lowest BCUT2D eigenvalue weighted by atomic mass is 10.1. The number of anilines is 2. The van der Waals surface area contributed by atoms with E-state index in [4.69, 9.17) is 4.74 Å². The van der Waals surface area contributed by atoms with Crippen LogP contribution in [0.3, 0.4) is 0 Å². The van der Waals surface area contributed by atoms with Crippen LogP contribution in [0, 0.1) is 0 Å². The molecule has 1 heterocycles. The molecule has 0 aliphatic heterocycles. The van der Waals surface area contributed by atoms with Gasteiger partial charge >= 0.3 is 0 Å². The summed E-state index contributed by atoms with van der Waals surface area (Å²) in [5.41, 5.74) is 2.97. The number of benzene rings is 2. The number of aromatic nitrogens is 2. The molecule has 0 saturated carbocycles. The van der Waals surface area contributed by atoms with E-state index in [1.807, 2.05) is 36.4 Å². The standard InChI is InChI=1S/C19H20N4O3S/c1-26-18-9-4-3-6-15(18)12-20-19-11-17(21-13-22-19)14-7-5-8-16(10-14)23-27(2,24)25/h3-11,13,23H,12H2,1-2H3,(H,20,21,22). The summed E-state index contributed by atoms with van der Waals surface area (Å²) in [5, 5.41) is 3.26. The summed E-state index contributed by atoms with van der Waals surface area (Å²) >= 11 is 0. The monoisotopic (exact) mass is 384 g/mol. The van der Waals surface area contributed by atoms with Gasteiger partial charge in [-0.2, -0.15) is 0 Å². The SMILES string of the molecule is COc1ccccc1CNc1cc(-c2cccc(NS(C)(=O)=O)c2)ncn1. The van der Waals surface area contributed by atoms with Crippen molar-refractivity contribution in [2.45, 2.75) is 6.54 Å². The van der Waals surface area contributed by atoms with Gasteiger partial charge in [-0.3, -0.25) is 4.72 Å². The summed E-state index contributed by atoms with van der Waals surface area (Å²) in [7, 11) is -1.70. The topological polar surface area (TPSA) is 93.2 Å². The van der Waals surface area contributed by atoms with E-state index in [0.29, 0.717) is 23.7 Å². The molecule has 3 aromatic rings. The maximum absolute atomic E-state index is 11.4. The number of methoxy groups -OCH3 is 1. The van der Waals surface area contributed by atoms with Gasteiger partial charge in [0.1, 0.15) is 17.9 Å². The van der Waals surface area contributed by atoms with Crippen molar-refractivity contribution in [3.8, 4) is 17.0 Å². The molecule has 0 aliphatic carbocycles. The quantitative estimate of drug-likeness (QED) is 0.650. The zero-order valence-corrected chi connectivity index (χ0v) is 15.8. The van der Waals surface area contributed by atoms with E-state index in [1.165, 1.54) is 6.33 Å². The van der Waals surface area contributed by atoms with Crippen molar-refractivity contribution in [3.63, 3.8) is 0 Å². The van der Waals surface area contributed by atoms with Crippen molar-refractivity contribution in [2.75, 3.05) is 23.4 Å². The first-order chi connectivity index (χ1) is 12.9. The minimum Gasteiger partial charge on any atom is -0.496 e. The molecule has 1 aromatic heterocycles. The van der Waals surface area contributed by atoms with E-state index in [0.717, 1.165) is 23.1 Å². The molecule has 3 rings (SSSR count). The van der Waals surface area contributed by atoms with Crippen molar-refractivity contribution >= 4 is 21.5 Å². The minimum absolute atomic E-state index is 0.483. The molecule has 7 nitrogen and oxygen atoms in total. The molecule has 0 bridgehead atoms. The number of ether oxygens (including phenoxy) is 1. The van der Waals surface area contributed by atoms with Gasteiger partial charge in [-0.25, -0.2) is 18.4 Å². The molecule has 140 valence electrons. The molecule has 0 spiro atoms. The number of hydrogen-bond donors (Lipinski definition) is 2. The molecule has 8 heteroatoms. The van der Waals surface area contributed by atoms with Crippen LogP contribution >= 0.6 is 0 Å². The Morgan fingerprint density at radius 1 is 1.04 bits per heavy atom. The third-order valence-corrected chi connectivity index (χ3v) is 4.39. The third-order valence-electron chi connectivity index (χ3n) is 3.78. The maximum Gasteiger partial charge on any atom is 0.229 e. The second-order valence-electron chi connectivity index (χ2n) is 5.91. The van der Waals surface area contributed by atoms with Crippen LogP contribution in [0.4, 0.5) is 11.5 Å². The summed E-state index contributed by atoms with van der Waals surface area (Å²) in [6, 6.07) is 16.6. The maximum atomic E-state index is 11.4. The van der Waals surface area contributed by atoms with Gasteiger partial charge in [0.05, 0.1) is 19.1 Å². The van der Waals surface area contributed by atoms with Crippen molar-refractivity contribution in [3.05, 3.63) is 66.5 Å². The van der Waals surface area contributed by atoms with Gasteiger partial charge in [0.25, 0.3) is 0 Å². The molecule has 0 aliphatic rings. The second kappa shape index (κ2) is 8.05. The first kappa shape index (κ1) is 18.7. The fourth-order valence-electron chi connectivity index (χ4n) is 2.60. The van der Waals surface area contributed by atoms with E-state index in [9.17, 15) is 8.42 Å². The predicted octanol–water partition coefficient (Wildman–Crippen LogP) is 3.14. The third kappa shape index (κ3) is 5.18. The highest BCUT2D eigenvalue weighted by Gasteiger charge is 2.07. The Morgan fingerprint density at radius 2 is 1.85 bits per heavy atom. The van der Waals surface area contributed by atoms with Crippen LogP contribution in [-0.2, 0) is 16.6 Å². The fraction of sp³-hybridized carbons (Fsp3) is 0.158. The number of nitrogens with zero attached hydrogens (tertiary/aromatic N) is 2. The Labute approximate surface area is 158 Å². The van der Waals surface area contributed by atoms with Crippen molar-refractivity contribution in [1.82, 2.24) is 9.97 Å². The molecule has 0 radical (unpaired) electrons. The van der Waals surface area contributed by atoms with Gasteiger partial charge in [0, 0.05) is 29.4 Å². The zero-order chi connectivity index (χ0) is 19.3. The second-order valence-corrected chi connectivity index (χ2v) is 7.66. The van der Waals surface area contributed by atoms with Crippen LogP contribution in [-0.4, -0.2) is 31.8 Å². The molecule has 0 saturated heterocycles. The average molecular weight is 384 g/mol. The van der Waals surface area contributed by atoms with Gasteiger partial charge in [-0.1, -0.05) is 30.3 Å². The van der Waals surface area contributed by atoms with Gasteiger partial charge in [0.15, 0.2) is 0 Å². The number of nitrogens with one attached hydrogen (secondary N) is 2. The smallest absolute Gasteiger partial charge is 0.229 e. The van der Waals surface area contributed by atoms with Crippen LogP contribution in [0.1, 0.15) is 5.56 Å². The first-order valence-electron chi connectivity index (χ1n) is 8.20. The van der Waals surface area contributed by atoms with E-state index in [2.05, 4.69) is 20.0 Å². The normalized spacial score (nSPS) is 11.0.